The standard InChI is InChI=1S/C14H25NO3/c1-14(2,3)11-6-4-10(5-7-11)12(15-9-16)8-13(17)18/h9-12H,4-8H2,1-3H3,(H,15,16)(H,17,18)/t10?,11?,12-/m1/s1. The molecule has 0 aromatic heterocycles. The van der Waals surface area contributed by atoms with Gasteiger partial charge in [0, 0.05) is 6.04 Å². The fourth-order valence-electron chi connectivity index (χ4n) is 3.02. The third kappa shape index (κ3) is 4.31. The zero-order valence-corrected chi connectivity index (χ0v) is 11.6. The molecule has 0 unspecified atom stereocenters. The second kappa shape index (κ2) is 6.21. The number of carbonyl (C=O) groups is 2. The Kier molecular flexibility index (Phi) is 5.17. The predicted molar refractivity (Wildman–Crippen MR) is 70.1 cm³/mol. The number of amides is 1. The van der Waals surface area contributed by atoms with Gasteiger partial charge in [-0.1, -0.05) is 20.8 Å². The third-order valence-corrected chi connectivity index (χ3v) is 4.24. The fourth-order valence-corrected chi connectivity index (χ4v) is 3.02. The van der Waals surface area contributed by atoms with Crippen LogP contribution in [0.5, 0.6) is 0 Å². The van der Waals surface area contributed by atoms with Gasteiger partial charge in [0.2, 0.25) is 6.41 Å². The lowest BCUT2D eigenvalue weighted by Crippen LogP contribution is -2.40. The van der Waals surface area contributed by atoms with Crippen LogP contribution in [0.1, 0.15) is 52.9 Å². The lowest BCUT2D eigenvalue weighted by Gasteiger charge is -2.39. The third-order valence-electron chi connectivity index (χ3n) is 4.24. The smallest absolute Gasteiger partial charge is 0.305 e. The van der Waals surface area contributed by atoms with Crippen molar-refractivity contribution in [2.45, 2.75) is 58.9 Å². The van der Waals surface area contributed by atoms with Crippen LogP contribution in [-0.4, -0.2) is 23.5 Å². The van der Waals surface area contributed by atoms with Crippen LogP contribution in [0.2, 0.25) is 0 Å². The highest BCUT2D eigenvalue weighted by Gasteiger charge is 2.33. The van der Waals surface area contributed by atoms with Crippen molar-refractivity contribution in [1.82, 2.24) is 5.32 Å². The summed E-state index contributed by atoms with van der Waals surface area (Å²) >= 11 is 0. The molecule has 1 atom stereocenters. The first-order valence-electron chi connectivity index (χ1n) is 6.76. The second-order valence-electron chi connectivity index (χ2n) is 6.47. The van der Waals surface area contributed by atoms with Crippen molar-refractivity contribution < 1.29 is 14.7 Å². The molecule has 1 fully saturated rings. The molecular formula is C14H25NO3. The SMILES string of the molecule is CC(C)(C)C1CCC([C@@H](CC(=O)O)NC=O)CC1. The first kappa shape index (κ1) is 15.0. The summed E-state index contributed by atoms with van der Waals surface area (Å²) in [7, 11) is 0. The number of rotatable bonds is 5. The summed E-state index contributed by atoms with van der Waals surface area (Å²) in [5.74, 6) is 0.174. The molecule has 1 saturated carbocycles. The number of nitrogens with one attached hydrogen (secondary N) is 1. The lowest BCUT2D eigenvalue weighted by atomic mass is 9.68. The maximum absolute atomic E-state index is 10.8. The van der Waals surface area contributed by atoms with Crippen molar-refractivity contribution in [3.05, 3.63) is 0 Å². The van der Waals surface area contributed by atoms with E-state index in [1.807, 2.05) is 0 Å². The molecule has 0 bridgehead atoms. The molecule has 4 heteroatoms. The van der Waals surface area contributed by atoms with E-state index in [1.165, 1.54) is 0 Å². The van der Waals surface area contributed by atoms with Crippen LogP contribution < -0.4 is 5.32 Å². The summed E-state index contributed by atoms with van der Waals surface area (Å²) in [4.78, 5) is 21.4. The van der Waals surface area contributed by atoms with Gasteiger partial charge in [0.25, 0.3) is 0 Å². The van der Waals surface area contributed by atoms with Gasteiger partial charge in [0.15, 0.2) is 0 Å². The van der Waals surface area contributed by atoms with Crippen LogP contribution in [0, 0.1) is 17.3 Å². The molecule has 0 aliphatic heterocycles. The topological polar surface area (TPSA) is 66.4 Å². The minimum absolute atomic E-state index is 0.0313. The molecule has 0 aromatic rings. The molecule has 1 aliphatic rings. The van der Waals surface area contributed by atoms with Crippen molar-refractivity contribution in [2.24, 2.45) is 17.3 Å². The van der Waals surface area contributed by atoms with Gasteiger partial charge in [-0.3, -0.25) is 9.59 Å². The Hall–Kier alpha value is -1.06. The molecule has 1 rings (SSSR count). The second-order valence-corrected chi connectivity index (χ2v) is 6.47. The van der Waals surface area contributed by atoms with E-state index in [4.69, 9.17) is 5.11 Å². The molecule has 1 amide bonds. The number of carboxylic acids is 1. The summed E-state index contributed by atoms with van der Waals surface area (Å²) < 4.78 is 0. The number of carboxylic acid groups (broad SMARTS) is 1. The molecule has 0 heterocycles. The summed E-state index contributed by atoms with van der Waals surface area (Å²) in [5.41, 5.74) is 0.325. The Bertz CT molecular complexity index is 288. The summed E-state index contributed by atoms with van der Waals surface area (Å²) in [6.45, 7) is 6.78. The molecule has 18 heavy (non-hydrogen) atoms. The van der Waals surface area contributed by atoms with Gasteiger partial charge in [-0.15, -0.1) is 0 Å². The monoisotopic (exact) mass is 255 g/mol. The highest BCUT2D eigenvalue weighted by atomic mass is 16.4. The molecule has 4 nitrogen and oxygen atoms in total. The minimum Gasteiger partial charge on any atom is -0.481 e. The van der Waals surface area contributed by atoms with Gasteiger partial charge >= 0.3 is 5.97 Å². The Morgan fingerprint density at radius 2 is 1.89 bits per heavy atom. The maximum Gasteiger partial charge on any atom is 0.305 e. The molecule has 0 radical (unpaired) electrons. The van der Waals surface area contributed by atoms with Gasteiger partial charge < -0.3 is 10.4 Å². The number of carbonyl (C=O) groups excluding carboxylic acids is 1. The Balaban J connectivity index is 2.53. The molecule has 0 aromatic carbocycles. The van der Waals surface area contributed by atoms with E-state index in [0.29, 0.717) is 23.7 Å². The minimum atomic E-state index is -0.840. The van der Waals surface area contributed by atoms with Gasteiger partial charge in [-0.2, -0.15) is 0 Å². The van der Waals surface area contributed by atoms with Crippen LogP contribution in [0.25, 0.3) is 0 Å². The highest BCUT2D eigenvalue weighted by molar-refractivity contribution is 5.68. The van der Waals surface area contributed by atoms with E-state index >= 15 is 0 Å². The quantitative estimate of drug-likeness (QED) is 0.741. The van der Waals surface area contributed by atoms with Crippen molar-refractivity contribution in [2.75, 3.05) is 0 Å². The summed E-state index contributed by atoms with van der Waals surface area (Å²) in [6, 6.07) is -0.207. The number of aliphatic carboxylic acids is 1. The van der Waals surface area contributed by atoms with E-state index < -0.39 is 5.97 Å². The zero-order valence-electron chi connectivity index (χ0n) is 11.6. The average molecular weight is 255 g/mol. The van der Waals surface area contributed by atoms with Gasteiger partial charge in [0.1, 0.15) is 0 Å². The normalized spacial score (nSPS) is 26.4. The van der Waals surface area contributed by atoms with Gasteiger partial charge in [-0.05, 0) is 42.9 Å². The van der Waals surface area contributed by atoms with E-state index in [2.05, 4.69) is 26.1 Å². The Morgan fingerprint density at radius 3 is 2.28 bits per heavy atom. The van der Waals surface area contributed by atoms with Gasteiger partial charge in [-0.25, -0.2) is 0 Å². The molecular weight excluding hydrogens is 230 g/mol. The Morgan fingerprint density at radius 1 is 1.33 bits per heavy atom. The van der Waals surface area contributed by atoms with Crippen LogP contribution in [0.3, 0.4) is 0 Å². The van der Waals surface area contributed by atoms with Gasteiger partial charge in [0.05, 0.1) is 6.42 Å². The summed E-state index contributed by atoms with van der Waals surface area (Å²) in [5, 5.41) is 11.5. The number of hydrogen-bond acceptors (Lipinski definition) is 2. The predicted octanol–water partition coefficient (Wildman–Crippen LogP) is 2.43. The highest BCUT2D eigenvalue weighted by Crippen LogP contribution is 2.40. The van der Waals surface area contributed by atoms with E-state index in [9.17, 15) is 9.59 Å². The van der Waals surface area contributed by atoms with Crippen LogP contribution in [0.4, 0.5) is 0 Å². The summed E-state index contributed by atoms with van der Waals surface area (Å²) in [6.07, 6.45) is 4.95. The number of hydrogen-bond donors (Lipinski definition) is 2. The van der Waals surface area contributed by atoms with Crippen molar-refractivity contribution >= 4 is 12.4 Å². The Labute approximate surface area is 109 Å². The first-order chi connectivity index (χ1) is 8.34. The fraction of sp³-hybridized carbons (Fsp3) is 0.857. The molecule has 104 valence electrons. The molecule has 1 aliphatic carbocycles. The first-order valence-corrected chi connectivity index (χ1v) is 6.76. The van der Waals surface area contributed by atoms with E-state index in [0.717, 1.165) is 25.7 Å². The maximum atomic E-state index is 10.8. The average Bonchev–Trinajstić information content (AvgIpc) is 2.27. The van der Waals surface area contributed by atoms with Crippen molar-refractivity contribution in [3.8, 4) is 0 Å². The molecule has 2 N–H and O–H groups in total. The lowest BCUT2D eigenvalue weighted by molar-refractivity contribution is -0.138. The van der Waals surface area contributed by atoms with Crippen LogP contribution >= 0.6 is 0 Å². The van der Waals surface area contributed by atoms with Crippen molar-refractivity contribution in [3.63, 3.8) is 0 Å². The van der Waals surface area contributed by atoms with Crippen LogP contribution in [-0.2, 0) is 9.59 Å². The van der Waals surface area contributed by atoms with Crippen LogP contribution in [0.15, 0.2) is 0 Å². The molecule has 0 saturated heterocycles. The molecule has 0 spiro atoms. The van der Waals surface area contributed by atoms with Crippen molar-refractivity contribution in [1.29, 1.82) is 0 Å². The van der Waals surface area contributed by atoms with E-state index in [-0.39, 0.29) is 12.5 Å². The largest absolute Gasteiger partial charge is 0.481 e. The van der Waals surface area contributed by atoms with E-state index in [1.54, 1.807) is 0 Å². The zero-order chi connectivity index (χ0) is 13.8.